The van der Waals surface area contributed by atoms with Crippen LogP contribution in [0.1, 0.15) is 27.4 Å². The molecule has 4 rings (SSSR count). The number of hydrogen-bond donors (Lipinski definition) is 2. The molecule has 162 valence electrons. The van der Waals surface area contributed by atoms with E-state index in [0.29, 0.717) is 28.6 Å². The second-order valence-electron chi connectivity index (χ2n) is 7.42. The average Bonchev–Trinajstić information content (AvgIpc) is 3.10. The molecule has 0 aliphatic rings. The van der Waals surface area contributed by atoms with Gasteiger partial charge in [-0.1, -0.05) is 17.7 Å². The Morgan fingerprint density at radius 1 is 1.16 bits per heavy atom. The van der Waals surface area contributed by atoms with Gasteiger partial charge in [0.2, 0.25) is 5.62 Å². The summed E-state index contributed by atoms with van der Waals surface area (Å²) in [6, 6.07) is 9.58. The van der Waals surface area contributed by atoms with Crippen LogP contribution in [0.2, 0.25) is 5.02 Å². The third kappa shape index (κ3) is 4.76. The summed E-state index contributed by atoms with van der Waals surface area (Å²) in [5.41, 5.74) is 4.51. The number of aromatic nitrogens is 5. The molecule has 3 aromatic heterocycles. The summed E-state index contributed by atoms with van der Waals surface area (Å²) < 4.78 is 3.55. The first kappa shape index (κ1) is 21.5. The third-order valence-corrected chi connectivity index (χ3v) is 5.28. The summed E-state index contributed by atoms with van der Waals surface area (Å²) in [4.78, 5) is 25.6. The zero-order valence-corrected chi connectivity index (χ0v) is 18.5. The predicted octanol–water partition coefficient (Wildman–Crippen LogP) is 3.10. The number of nitrogens with zero attached hydrogens (tertiary/aromatic N) is 5. The molecule has 0 saturated carbocycles. The smallest absolute Gasteiger partial charge is 0.251 e. The number of nitrogens with one attached hydrogen (secondary N) is 2. The van der Waals surface area contributed by atoms with E-state index in [2.05, 4.69) is 20.3 Å². The van der Waals surface area contributed by atoms with Gasteiger partial charge >= 0.3 is 0 Å². The summed E-state index contributed by atoms with van der Waals surface area (Å²) >= 11 is 5.82. The highest BCUT2D eigenvalue weighted by molar-refractivity contribution is 6.30. The maximum absolute atomic E-state index is 13.0. The molecule has 8 nitrogen and oxygen atoms in total. The predicted molar refractivity (Wildman–Crippen MR) is 121 cm³/mol. The Labute approximate surface area is 190 Å². The molecule has 0 spiro atoms. The molecule has 0 aliphatic heterocycles. The minimum absolute atomic E-state index is 0.186. The van der Waals surface area contributed by atoms with Crippen LogP contribution in [0.25, 0.3) is 11.1 Å². The Hall–Kier alpha value is -3.78. The molecule has 2 N–H and O–H groups in total. The number of carbonyl (C=O) groups excluding carboxylic acids is 1. The first-order valence-corrected chi connectivity index (χ1v) is 10.4. The molecular formula is C23H22ClN7O. The van der Waals surface area contributed by atoms with Crippen molar-refractivity contribution in [2.75, 3.05) is 0 Å². The highest BCUT2D eigenvalue weighted by Gasteiger charge is 2.13. The van der Waals surface area contributed by atoms with Crippen LogP contribution >= 0.6 is 11.6 Å². The number of amides is 1. The van der Waals surface area contributed by atoms with Crippen LogP contribution in [-0.4, -0.2) is 30.0 Å². The van der Waals surface area contributed by atoms with Crippen LogP contribution in [0.4, 0.5) is 0 Å². The second kappa shape index (κ2) is 9.15. The zero-order chi connectivity index (χ0) is 22.7. The van der Waals surface area contributed by atoms with Crippen molar-refractivity contribution in [2.24, 2.45) is 7.05 Å². The fraction of sp³-hybridized carbons (Fsp3) is 0.174. The number of benzene rings is 1. The molecule has 32 heavy (non-hydrogen) atoms. The molecule has 0 saturated heterocycles. The van der Waals surface area contributed by atoms with Crippen molar-refractivity contribution in [3.63, 3.8) is 0 Å². The molecule has 1 amide bonds. The van der Waals surface area contributed by atoms with Gasteiger partial charge in [-0.05, 0) is 42.3 Å². The van der Waals surface area contributed by atoms with E-state index in [9.17, 15) is 4.79 Å². The first-order valence-electron chi connectivity index (χ1n) is 9.97. The average molecular weight is 448 g/mol. The van der Waals surface area contributed by atoms with Gasteiger partial charge in [0.1, 0.15) is 5.82 Å². The Kier molecular flexibility index (Phi) is 6.13. The standard InChI is InChI=1S/C23H22ClN7O/c1-15-20(4-3-5-26-15)17-8-16(14-31-7-6-30(2)23(31)25)9-18(10-17)22(32)29-13-21-27-11-19(24)12-28-21/h3-12,25H,13-14H2,1-2H3,(H,29,32). The third-order valence-electron chi connectivity index (χ3n) is 5.08. The molecule has 1 aromatic carbocycles. The Bertz CT molecular complexity index is 1320. The number of rotatable bonds is 6. The molecule has 4 aromatic rings. The maximum Gasteiger partial charge on any atom is 0.251 e. The van der Waals surface area contributed by atoms with Crippen LogP contribution in [0.5, 0.6) is 0 Å². The summed E-state index contributed by atoms with van der Waals surface area (Å²) in [6.07, 6.45) is 8.42. The fourth-order valence-corrected chi connectivity index (χ4v) is 3.50. The minimum atomic E-state index is -0.239. The lowest BCUT2D eigenvalue weighted by Gasteiger charge is -2.12. The van der Waals surface area contributed by atoms with Crippen molar-refractivity contribution in [2.45, 2.75) is 20.0 Å². The first-order chi connectivity index (χ1) is 15.4. The second-order valence-corrected chi connectivity index (χ2v) is 7.85. The fourth-order valence-electron chi connectivity index (χ4n) is 3.40. The monoisotopic (exact) mass is 447 g/mol. The number of halogens is 1. The van der Waals surface area contributed by atoms with Crippen molar-refractivity contribution in [3.8, 4) is 11.1 Å². The quantitative estimate of drug-likeness (QED) is 0.474. The van der Waals surface area contributed by atoms with Crippen molar-refractivity contribution < 1.29 is 4.79 Å². The van der Waals surface area contributed by atoms with Gasteiger partial charge in [-0.25, -0.2) is 9.97 Å². The Morgan fingerprint density at radius 3 is 2.62 bits per heavy atom. The SMILES string of the molecule is Cc1ncccc1-c1cc(Cn2ccn(C)c2=N)cc(C(=O)NCc2ncc(Cl)cn2)c1. The number of aryl methyl sites for hydroxylation is 2. The lowest BCUT2D eigenvalue weighted by atomic mass is 9.98. The van der Waals surface area contributed by atoms with E-state index in [1.807, 2.05) is 61.3 Å². The summed E-state index contributed by atoms with van der Waals surface area (Å²) in [7, 11) is 1.83. The van der Waals surface area contributed by atoms with Gasteiger partial charge in [-0.15, -0.1) is 0 Å². The highest BCUT2D eigenvalue weighted by atomic mass is 35.5. The Morgan fingerprint density at radius 2 is 1.94 bits per heavy atom. The van der Waals surface area contributed by atoms with Crippen molar-refractivity contribution >= 4 is 17.5 Å². The normalized spacial score (nSPS) is 10.8. The van der Waals surface area contributed by atoms with Gasteiger partial charge in [-0.2, -0.15) is 0 Å². The van der Waals surface area contributed by atoms with Crippen molar-refractivity contribution in [1.29, 1.82) is 5.41 Å². The number of imidazole rings is 1. The van der Waals surface area contributed by atoms with Gasteiger partial charge in [0.15, 0.2) is 0 Å². The minimum Gasteiger partial charge on any atom is -0.345 e. The van der Waals surface area contributed by atoms with E-state index >= 15 is 0 Å². The summed E-state index contributed by atoms with van der Waals surface area (Å²) in [6.45, 7) is 2.59. The molecule has 0 radical (unpaired) electrons. The Balaban J connectivity index is 1.67. The molecule has 0 unspecified atom stereocenters. The van der Waals surface area contributed by atoms with Gasteiger partial charge in [0.05, 0.1) is 18.1 Å². The topological polar surface area (TPSA) is 101 Å². The number of pyridine rings is 1. The van der Waals surface area contributed by atoms with Crippen LogP contribution in [-0.2, 0) is 20.1 Å². The number of hydrogen-bond acceptors (Lipinski definition) is 5. The maximum atomic E-state index is 13.0. The van der Waals surface area contributed by atoms with Crippen LogP contribution in [0.3, 0.4) is 0 Å². The highest BCUT2D eigenvalue weighted by Crippen LogP contribution is 2.25. The molecular weight excluding hydrogens is 426 g/mol. The lowest BCUT2D eigenvalue weighted by molar-refractivity contribution is 0.0950. The molecule has 9 heteroatoms. The van der Waals surface area contributed by atoms with E-state index in [1.165, 1.54) is 12.4 Å². The summed E-state index contributed by atoms with van der Waals surface area (Å²) in [5.74, 6) is 0.235. The van der Waals surface area contributed by atoms with Crippen molar-refractivity contribution in [3.05, 3.63) is 94.6 Å². The molecule has 0 fully saturated rings. The van der Waals surface area contributed by atoms with E-state index in [0.717, 1.165) is 22.4 Å². The lowest BCUT2D eigenvalue weighted by Crippen LogP contribution is -2.25. The van der Waals surface area contributed by atoms with Gasteiger partial charge in [0, 0.05) is 54.9 Å². The van der Waals surface area contributed by atoms with E-state index in [1.54, 1.807) is 10.8 Å². The van der Waals surface area contributed by atoms with Crippen molar-refractivity contribution in [1.82, 2.24) is 29.4 Å². The summed E-state index contributed by atoms with van der Waals surface area (Å²) in [5, 5.41) is 11.5. The molecule has 3 heterocycles. The van der Waals surface area contributed by atoms with E-state index in [-0.39, 0.29) is 12.5 Å². The van der Waals surface area contributed by atoms with E-state index < -0.39 is 0 Å². The molecule has 0 bridgehead atoms. The van der Waals surface area contributed by atoms with Gasteiger partial charge in [0.25, 0.3) is 5.91 Å². The zero-order valence-electron chi connectivity index (χ0n) is 17.7. The molecule has 0 atom stereocenters. The van der Waals surface area contributed by atoms with Gasteiger partial charge in [-0.3, -0.25) is 15.2 Å². The number of carbonyl (C=O) groups is 1. The largest absolute Gasteiger partial charge is 0.345 e. The van der Waals surface area contributed by atoms with Crippen LogP contribution in [0, 0.1) is 12.3 Å². The molecule has 0 aliphatic carbocycles. The van der Waals surface area contributed by atoms with Crippen LogP contribution < -0.4 is 10.9 Å². The van der Waals surface area contributed by atoms with E-state index in [4.69, 9.17) is 17.0 Å². The van der Waals surface area contributed by atoms with Gasteiger partial charge < -0.3 is 14.5 Å². The van der Waals surface area contributed by atoms with Crippen LogP contribution in [0.15, 0.2) is 61.3 Å².